The number of allylic oxidation sites excluding steroid dienone is 1. The molecule has 1 aliphatic heterocycles. The van der Waals surface area contributed by atoms with Crippen LogP contribution in [-0.4, -0.2) is 46.8 Å². The Morgan fingerprint density at radius 2 is 2.15 bits per heavy atom. The van der Waals surface area contributed by atoms with Crippen LogP contribution in [0.4, 0.5) is 20.8 Å². The van der Waals surface area contributed by atoms with Gasteiger partial charge in [-0.05, 0) is 56.0 Å². The minimum atomic E-state index is -0.632. The first-order valence-electron chi connectivity index (χ1n) is 11.2. The zero-order valence-electron chi connectivity index (χ0n) is 19.3. The minimum absolute atomic E-state index is 0.0564. The van der Waals surface area contributed by atoms with Crippen LogP contribution in [0.5, 0.6) is 0 Å². The number of esters is 1. The summed E-state index contributed by atoms with van der Waals surface area (Å²) in [6.45, 7) is 4.52. The second-order valence-corrected chi connectivity index (χ2v) is 7.83. The number of aromatic nitrogens is 3. The molecule has 0 radical (unpaired) electrons. The molecular weight excluding hydrogens is 439 g/mol. The lowest BCUT2D eigenvalue weighted by Crippen LogP contribution is -2.25. The Hall–Kier alpha value is -3.95. The molecule has 2 N–H and O–H groups in total. The number of halogens is 1. The van der Waals surface area contributed by atoms with Crippen LogP contribution in [0.25, 0.3) is 11.7 Å². The third kappa shape index (κ3) is 4.43. The third-order valence-corrected chi connectivity index (χ3v) is 5.71. The molecule has 0 spiro atoms. The number of carbonyl (C=O) groups is 2. The molecule has 1 fully saturated rings. The van der Waals surface area contributed by atoms with Crippen LogP contribution >= 0.6 is 0 Å². The van der Waals surface area contributed by atoms with Crippen molar-refractivity contribution in [3.05, 3.63) is 59.0 Å². The maximum atomic E-state index is 14.2. The fourth-order valence-electron chi connectivity index (χ4n) is 4.26. The van der Waals surface area contributed by atoms with Crippen molar-refractivity contribution in [3.8, 4) is 0 Å². The highest BCUT2D eigenvalue weighted by Crippen LogP contribution is 2.38. The molecule has 34 heavy (non-hydrogen) atoms. The van der Waals surface area contributed by atoms with Crippen LogP contribution < -0.4 is 15.5 Å². The Bertz CT molecular complexity index is 1250. The summed E-state index contributed by atoms with van der Waals surface area (Å²) in [7, 11) is 1.47. The topological polar surface area (TPSA) is 101 Å². The second kappa shape index (κ2) is 9.90. The number of nitrogens with zero attached hydrogens (tertiary/aromatic N) is 4. The molecule has 1 unspecified atom stereocenters. The summed E-state index contributed by atoms with van der Waals surface area (Å²) < 4.78 is 20.8. The van der Waals surface area contributed by atoms with E-state index in [-0.39, 0.29) is 35.5 Å². The van der Waals surface area contributed by atoms with Gasteiger partial charge in [-0.2, -0.15) is 0 Å². The van der Waals surface area contributed by atoms with E-state index in [1.165, 1.54) is 17.6 Å². The van der Waals surface area contributed by atoms with Crippen LogP contribution in [0.1, 0.15) is 54.2 Å². The molecule has 0 bridgehead atoms. The maximum Gasteiger partial charge on any atom is 0.345 e. The normalized spacial score (nSPS) is 15.8. The third-order valence-electron chi connectivity index (χ3n) is 5.71. The van der Waals surface area contributed by atoms with Crippen molar-refractivity contribution in [1.82, 2.24) is 19.9 Å². The number of benzene rings is 1. The van der Waals surface area contributed by atoms with E-state index >= 15 is 0 Å². The molecule has 10 heteroatoms. The number of carbonyl (C=O) groups excluding carboxylic acids is 2. The fraction of sp³-hybridized carbons (Fsp3) is 0.333. The molecule has 4 rings (SSSR count). The van der Waals surface area contributed by atoms with Crippen LogP contribution in [0.2, 0.25) is 0 Å². The number of nitrogens with one attached hydrogen (secondary N) is 2. The van der Waals surface area contributed by atoms with Gasteiger partial charge < -0.3 is 15.0 Å². The van der Waals surface area contributed by atoms with Crippen LogP contribution in [0.15, 0.2) is 36.5 Å². The summed E-state index contributed by atoms with van der Waals surface area (Å²) in [6, 6.07) is 6.02. The lowest BCUT2D eigenvalue weighted by molar-refractivity contribution is 0.0529. The standard InChI is InChI=1S/C24H27FN6O3/c1-4-7-15-9-10-16(25)14-17(15)18-8-6-12-30(18)19-11-13-31-22(27-19)20(23(32)34-5-2)21(29-31)28-24(33)26-3/h4,7,9-11,13-14,18H,5-6,8,12H2,1-3H3,(H2,26,28,29,33)/b7-4+. The van der Waals surface area contributed by atoms with Gasteiger partial charge in [-0.1, -0.05) is 18.2 Å². The van der Waals surface area contributed by atoms with Crippen molar-refractivity contribution in [1.29, 1.82) is 0 Å². The number of hydrogen-bond acceptors (Lipinski definition) is 6. The first-order valence-corrected chi connectivity index (χ1v) is 11.2. The first-order chi connectivity index (χ1) is 16.5. The lowest BCUT2D eigenvalue weighted by Gasteiger charge is -2.27. The predicted octanol–water partition coefficient (Wildman–Crippen LogP) is 4.17. The predicted molar refractivity (Wildman–Crippen MR) is 127 cm³/mol. The number of ether oxygens (including phenoxy) is 1. The van der Waals surface area contributed by atoms with Crippen molar-refractivity contribution in [3.63, 3.8) is 0 Å². The maximum absolute atomic E-state index is 14.2. The molecule has 0 saturated carbocycles. The Morgan fingerprint density at radius 1 is 1.32 bits per heavy atom. The molecule has 1 aliphatic rings. The molecule has 1 aromatic carbocycles. The highest BCUT2D eigenvalue weighted by molar-refractivity contribution is 6.04. The van der Waals surface area contributed by atoms with Crippen molar-refractivity contribution >= 4 is 35.4 Å². The molecule has 2 amide bonds. The number of fused-ring (bicyclic) bond motifs is 1. The molecule has 178 valence electrons. The van der Waals surface area contributed by atoms with E-state index in [0.717, 1.165) is 30.5 Å². The van der Waals surface area contributed by atoms with Gasteiger partial charge in [-0.25, -0.2) is 23.5 Å². The first kappa shape index (κ1) is 23.2. The zero-order valence-corrected chi connectivity index (χ0v) is 19.3. The monoisotopic (exact) mass is 466 g/mol. The van der Waals surface area contributed by atoms with E-state index in [2.05, 4.69) is 20.6 Å². The Labute approximate surface area is 196 Å². The van der Waals surface area contributed by atoms with E-state index in [1.54, 1.807) is 31.3 Å². The summed E-state index contributed by atoms with van der Waals surface area (Å²) in [5, 5.41) is 9.30. The molecule has 3 heterocycles. The fourth-order valence-corrected chi connectivity index (χ4v) is 4.26. The van der Waals surface area contributed by atoms with E-state index < -0.39 is 12.0 Å². The molecular formula is C24H27FN6O3. The van der Waals surface area contributed by atoms with Gasteiger partial charge in [0.2, 0.25) is 0 Å². The van der Waals surface area contributed by atoms with Gasteiger partial charge in [0.15, 0.2) is 11.5 Å². The van der Waals surface area contributed by atoms with Crippen LogP contribution in [0, 0.1) is 5.82 Å². The molecule has 1 atom stereocenters. The summed E-state index contributed by atoms with van der Waals surface area (Å²) in [6.07, 6.45) is 7.34. The van der Waals surface area contributed by atoms with Gasteiger partial charge in [0.25, 0.3) is 0 Å². The summed E-state index contributed by atoms with van der Waals surface area (Å²) in [5.41, 5.74) is 2.18. The molecule has 0 aliphatic carbocycles. The number of anilines is 2. The zero-order chi connectivity index (χ0) is 24.2. The van der Waals surface area contributed by atoms with Gasteiger partial charge >= 0.3 is 12.0 Å². The SMILES string of the molecule is C/C=C/c1ccc(F)cc1C1CCCN1c1ccn2nc(NC(=O)NC)c(C(=O)OCC)c2n1. The Kier molecular flexibility index (Phi) is 6.76. The smallest absolute Gasteiger partial charge is 0.345 e. The highest BCUT2D eigenvalue weighted by atomic mass is 19.1. The highest BCUT2D eigenvalue weighted by Gasteiger charge is 2.30. The molecule has 2 aromatic heterocycles. The number of hydrogen-bond donors (Lipinski definition) is 2. The quantitative estimate of drug-likeness (QED) is 0.529. The average Bonchev–Trinajstić information content (AvgIpc) is 3.44. The van der Waals surface area contributed by atoms with Gasteiger partial charge in [-0.15, -0.1) is 5.10 Å². The number of rotatable bonds is 6. The van der Waals surface area contributed by atoms with Gasteiger partial charge in [-0.3, -0.25) is 5.32 Å². The number of amides is 2. The van der Waals surface area contributed by atoms with E-state index in [4.69, 9.17) is 9.72 Å². The van der Waals surface area contributed by atoms with Crippen molar-refractivity contribution in [2.75, 3.05) is 30.4 Å². The Balaban J connectivity index is 1.79. The largest absolute Gasteiger partial charge is 0.462 e. The summed E-state index contributed by atoms with van der Waals surface area (Å²) in [4.78, 5) is 31.5. The van der Waals surface area contributed by atoms with Crippen molar-refractivity contribution in [2.24, 2.45) is 0 Å². The summed E-state index contributed by atoms with van der Waals surface area (Å²) >= 11 is 0. The molecule has 1 saturated heterocycles. The summed E-state index contributed by atoms with van der Waals surface area (Å²) in [5.74, 6) is -0.237. The Morgan fingerprint density at radius 3 is 2.88 bits per heavy atom. The van der Waals surface area contributed by atoms with Crippen LogP contribution in [0.3, 0.4) is 0 Å². The van der Waals surface area contributed by atoms with Crippen molar-refractivity contribution in [2.45, 2.75) is 32.7 Å². The van der Waals surface area contributed by atoms with Gasteiger partial charge in [0.05, 0.1) is 12.6 Å². The van der Waals surface area contributed by atoms with Gasteiger partial charge in [0.1, 0.15) is 17.2 Å². The average molecular weight is 467 g/mol. The van der Waals surface area contributed by atoms with E-state index in [0.29, 0.717) is 5.82 Å². The minimum Gasteiger partial charge on any atom is -0.462 e. The van der Waals surface area contributed by atoms with E-state index in [1.807, 2.05) is 19.1 Å². The van der Waals surface area contributed by atoms with E-state index in [9.17, 15) is 14.0 Å². The molecule has 3 aromatic rings. The van der Waals surface area contributed by atoms with Gasteiger partial charge in [0, 0.05) is 19.8 Å². The second-order valence-electron chi connectivity index (χ2n) is 7.83. The van der Waals surface area contributed by atoms with Crippen LogP contribution in [-0.2, 0) is 4.74 Å². The molecule has 9 nitrogen and oxygen atoms in total. The lowest BCUT2D eigenvalue weighted by atomic mass is 9.97. The van der Waals surface area contributed by atoms with Crippen molar-refractivity contribution < 1.29 is 18.7 Å². The number of urea groups is 1.